The van der Waals surface area contributed by atoms with Crippen molar-refractivity contribution in [3.63, 3.8) is 0 Å². The third-order valence-electron chi connectivity index (χ3n) is 1.41. The fourth-order valence-electron chi connectivity index (χ4n) is 0.729. The van der Waals surface area contributed by atoms with Gasteiger partial charge in [0.05, 0.1) is 0 Å². The molecule has 0 amide bonds. The van der Waals surface area contributed by atoms with Crippen molar-refractivity contribution >= 4 is 12.4 Å². The number of hydrogen-bond donors (Lipinski definition) is 0. The molecule has 0 nitrogen and oxygen atoms in total. The van der Waals surface area contributed by atoms with Gasteiger partial charge in [0.25, 0.3) is 0 Å². The minimum absolute atomic E-state index is 0. The number of halogens is 1. The Bertz CT molecular complexity index is 42.5. The first-order valence-electron chi connectivity index (χ1n) is 4.12. The molecular weight excluding hydrogens is 179 g/mol. The van der Waals surface area contributed by atoms with Gasteiger partial charge in [0.1, 0.15) is 0 Å². The van der Waals surface area contributed by atoms with Crippen LogP contribution in [0.1, 0.15) is 39.5 Å². The first-order valence-corrected chi connectivity index (χ1v) is 6.33. The minimum atomic E-state index is 0. The molecule has 0 aliphatic carbocycles. The van der Waals surface area contributed by atoms with Gasteiger partial charge in [-0.2, -0.15) is 0 Å². The SMILES string of the molecule is CCC[CH2][Ti][CH2]CCC.Cl. The van der Waals surface area contributed by atoms with E-state index in [1.807, 2.05) is 0 Å². The van der Waals surface area contributed by atoms with Gasteiger partial charge in [0, 0.05) is 0 Å². The zero-order valence-electron chi connectivity index (χ0n) is 7.15. The van der Waals surface area contributed by atoms with Crippen LogP contribution >= 0.6 is 12.4 Å². The maximum Gasteiger partial charge on any atom is -0.147 e. The monoisotopic (exact) mass is 198 g/mol. The molecule has 0 saturated heterocycles. The van der Waals surface area contributed by atoms with E-state index in [9.17, 15) is 0 Å². The van der Waals surface area contributed by atoms with Crippen molar-refractivity contribution in [2.24, 2.45) is 0 Å². The van der Waals surface area contributed by atoms with Crippen LogP contribution in [0.25, 0.3) is 0 Å². The van der Waals surface area contributed by atoms with Gasteiger partial charge in [-0.05, 0) is 0 Å². The van der Waals surface area contributed by atoms with Crippen LogP contribution in [0.5, 0.6) is 0 Å². The standard InChI is InChI=1S/2C4H9.ClH.Ti/c2*1-3-4-2;;/h2*1,3-4H2,2H3;1H;. The third kappa shape index (κ3) is 11.8. The Morgan fingerprint density at radius 2 is 1.30 bits per heavy atom. The average Bonchev–Trinajstić information content (AvgIpc) is 1.89. The fraction of sp³-hybridized carbons (Fsp3) is 1.00. The quantitative estimate of drug-likeness (QED) is 0.448. The van der Waals surface area contributed by atoms with Crippen LogP contribution in [0.3, 0.4) is 0 Å². The van der Waals surface area contributed by atoms with E-state index in [2.05, 4.69) is 13.8 Å². The molecule has 2 heteroatoms. The molecule has 0 bridgehead atoms. The number of rotatable bonds is 6. The van der Waals surface area contributed by atoms with Crippen molar-refractivity contribution < 1.29 is 19.2 Å². The van der Waals surface area contributed by atoms with Gasteiger partial charge in [-0.1, -0.05) is 0 Å². The minimum Gasteiger partial charge on any atom is -0.147 e. The van der Waals surface area contributed by atoms with E-state index in [4.69, 9.17) is 0 Å². The smallest absolute Gasteiger partial charge is 0.147 e. The summed E-state index contributed by atoms with van der Waals surface area (Å²) in [7, 11) is 0. The van der Waals surface area contributed by atoms with Crippen LogP contribution in [-0.2, 0) is 19.2 Å². The van der Waals surface area contributed by atoms with E-state index in [0.29, 0.717) is 19.2 Å². The molecule has 0 aromatic rings. The Kier molecular flexibility index (Phi) is 17.2. The van der Waals surface area contributed by atoms with Crippen LogP contribution in [0.2, 0.25) is 9.45 Å². The largest absolute Gasteiger partial charge is 0.147 e. The summed E-state index contributed by atoms with van der Waals surface area (Å²) in [4.78, 5) is 0. The molecule has 0 aliphatic heterocycles. The normalized spacial score (nSPS) is 8.60. The Morgan fingerprint density at radius 1 is 0.900 bits per heavy atom. The molecule has 0 unspecified atom stereocenters. The second-order valence-electron chi connectivity index (χ2n) is 2.46. The van der Waals surface area contributed by atoms with E-state index in [-0.39, 0.29) is 12.4 Å². The summed E-state index contributed by atoms with van der Waals surface area (Å²) in [5.74, 6) is 0. The molecule has 0 aromatic heterocycles. The van der Waals surface area contributed by atoms with Crippen molar-refractivity contribution in [2.45, 2.75) is 49.0 Å². The zero-order chi connectivity index (χ0) is 6.95. The first-order chi connectivity index (χ1) is 4.41. The van der Waals surface area contributed by atoms with Crippen molar-refractivity contribution in [1.29, 1.82) is 0 Å². The topological polar surface area (TPSA) is 0 Å². The van der Waals surface area contributed by atoms with Gasteiger partial charge < -0.3 is 0 Å². The van der Waals surface area contributed by atoms with Crippen LogP contribution in [0.4, 0.5) is 0 Å². The van der Waals surface area contributed by atoms with Crippen LogP contribution in [0, 0.1) is 0 Å². The Morgan fingerprint density at radius 3 is 1.60 bits per heavy atom. The second kappa shape index (κ2) is 12.7. The molecule has 10 heavy (non-hydrogen) atoms. The van der Waals surface area contributed by atoms with Gasteiger partial charge in [-0.25, -0.2) is 0 Å². The summed E-state index contributed by atoms with van der Waals surface area (Å²) in [6.07, 6.45) is 5.78. The van der Waals surface area contributed by atoms with E-state index in [0.717, 1.165) is 0 Å². The summed E-state index contributed by atoms with van der Waals surface area (Å²) in [6.45, 7) is 4.57. The molecule has 0 fully saturated rings. The first kappa shape index (κ1) is 13.6. The molecule has 0 spiro atoms. The van der Waals surface area contributed by atoms with Gasteiger partial charge in [0.2, 0.25) is 0 Å². The molecule has 62 valence electrons. The van der Waals surface area contributed by atoms with Gasteiger partial charge in [0.15, 0.2) is 0 Å². The third-order valence-corrected chi connectivity index (χ3v) is 3.62. The molecule has 0 rings (SSSR count). The molecule has 0 N–H and O–H groups in total. The summed E-state index contributed by atoms with van der Waals surface area (Å²) >= 11 is 0.496. The van der Waals surface area contributed by atoms with Gasteiger partial charge in [-0.15, -0.1) is 12.4 Å². The van der Waals surface area contributed by atoms with E-state index in [1.165, 1.54) is 25.7 Å². The molecule has 0 heterocycles. The van der Waals surface area contributed by atoms with Crippen LogP contribution in [-0.4, -0.2) is 0 Å². The molecular formula is C8H19ClTi. The van der Waals surface area contributed by atoms with Crippen LogP contribution in [0.15, 0.2) is 0 Å². The zero-order valence-corrected chi connectivity index (χ0v) is 9.53. The molecule has 0 saturated carbocycles. The summed E-state index contributed by atoms with van der Waals surface area (Å²) in [5.41, 5.74) is 0. The maximum absolute atomic E-state index is 2.28. The second-order valence-corrected chi connectivity index (χ2v) is 4.80. The molecule has 0 aliphatic rings. The average molecular weight is 199 g/mol. The molecule has 0 radical (unpaired) electrons. The predicted octanol–water partition coefficient (Wildman–Crippen LogP) is 3.93. The summed E-state index contributed by atoms with van der Waals surface area (Å²) < 4.78 is 3.16. The van der Waals surface area contributed by atoms with E-state index >= 15 is 0 Å². The van der Waals surface area contributed by atoms with E-state index < -0.39 is 0 Å². The number of unbranched alkanes of at least 4 members (excludes halogenated alkanes) is 2. The maximum atomic E-state index is 2.28. The molecule has 0 atom stereocenters. The van der Waals surface area contributed by atoms with Gasteiger partial charge in [-0.3, -0.25) is 0 Å². The number of hydrogen-bond acceptors (Lipinski definition) is 0. The Balaban J connectivity index is 0. The fourth-order valence-corrected chi connectivity index (χ4v) is 3.00. The van der Waals surface area contributed by atoms with Crippen molar-refractivity contribution in [3.8, 4) is 0 Å². The predicted molar refractivity (Wildman–Crippen MR) is 46.7 cm³/mol. The van der Waals surface area contributed by atoms with Crippen molar-refractivity contribution in [3.05, 3.63) is 0 Å². The Hall–Kier alpha value is 1.00. The van der Waals surface area contributed by atoms with E-state index in [1.54, 1.807) is 9.45 Å². The van der Waals surface area contributed by atoms with Crippen molar-refractivity contribution in [2.75, 3.05) is 0 Å². The van der Waals surface area contributed by atoms with Crippen molar-refractivity contribution in [1.82, 2.24) is 0 Å². The summed E-state index contributed by atoms with van der Waals surface area (Å²) in [6, 6.07) is 0. The van der Waals surface area contributed by atoms with Gasteiger partial charge >= 0.3 is 68.1 Å². The Labute approximate surface area is 80.5 Å². The molecule has 0 aromatic carbocycles. The summed E-state index contributed by atoms with van der Waals surface area (Å²) in [5, 5.41) is 0. The van der Waals surface area contributed by atoms with Crippen LogP contribution < -0.4 is 0 Å².